The average Bonchev–Trinajstić information content (AvgIpc) is 2.24. The quantitative estimate of drug-likeness (QED) is 0.415. The van der Waals surface area contributed by atoms with Gasteiger partial charge in [-0.2, -0.15) is 0 Å². The minimum atomic E-state index is -4.25. The Morgan fingerprint density at radius 1 is 1.25 bits per heavy atom. The third-order valence-electron chi connectivity index (χ3n) is 2.20. The van der Waals surface area contributed by atoms with Gasteiger partial charge < -0.3 is 0 Å². The van der Waals surface area contributed by atoms with E-state index in [0.29, 0.717) is 12.0 Å². The second-order valence-corrected chi connectivity index (χ2v) is 3.48. The molecule has 1 aromatic carbocycles. The summed E-state index contributed by atoms with van der Waals surface area (Å²) in [7, 11) is 0. The molecule has 0 aliphatic carbocycles. The van der Waals surface area contributed by atoms with E-state index < -0.39 is 11.7 Å². The summed E-state index contributed by atoms with van der Waals surface area (Å²) in [5.41, 5.74) is 0.138. The number of benzene rings is 1. The maximum atomic E-state index is 12.4. The van der Waals surface area contributed by atoms with Crippen LogP contribution >= 0.6 is 0 Å². The van der Waals surface area contributed by atoms with E-state index in [-0.39, 0.29) is 0 Å². The standard InChI is InChI=1S/C12H10F3.Li/c1-2-3-4-6-10-7-5-8-11(9-10)12(13,14)15;/h5,7-9H,3-4,6H2;. The molecule has 0 fully saturated rings. The van der Waals surface area contributed by atoms with Crippen molar-refractivity contribution in [3.05, 3.63) is 35.4 Å². The molecule has 1 aromatic rings. The van der Waals surface area contributed by atoms with Crippen LogP contribution in [-0.2, 0) is 12.6 Å². The zero-order valence-corrected chi connectivity index (χ0v) is 9.06. The molecule has 0 saturated carbocycles. The Bertz CT molecular complexity index is 399. The van der Waals surface area contributed by atoms with Crippen LogP contribution in [0, 0.1) is 10.5 Å². The van der Waals surface area contributed by atoms with Crippen molar-refractivity contribution >= 4 is 17.7 Å². The van der Waals surface area contributed by atoms with Gasteiger partial charge in [0, 0.05) is 0 Å². The van der Waals surface area contributed by atoms with Crippen LogP contribution in [0.5, 0.6) is 0 Å². The fourth-order valence-corrected chi connectivity index (χ4v) is 1.41. The molecule has 0 spiro atoms. The van der Waals surface area contributed by atoms with Crippen LogP contribution < -0.4 is 0 Å². The Morgan fingerprint density at radius 2 is 2.00 bits per heavy atom. The molecule has 0 heterocycles. The first-order valence-corrected chi connectivity index (χ1v) is 5.10. The second-order valence-electron chi connectivity index (χ2n) is 3.48. The first-order chi connectivity index (χ1) is 7.54. The molecule has 4 heteroatoms. The Morgan fingerprint density at radius 3 is 2.62 bits per heavy atom. The molecule has 0 N–H and O–H groups in total. The molecule has 1 rings (SSSR count). The van der Waals surface area contributed by atoms with Gasteiger partial charge in [-0.3, -0.25) is 0 Å². The Balaban J connectivity index is 2.63. The third kappa shape index (κ3) is 4.35. The zero-order chi connectivity index (χ0) is 12.0. The number of aryl methyl sites for hydroxylation is 1. The average molecular weight is 218 g/mol. The van der Waals surface area contributed by atoms with Crippen LogP contribution in [-0.4, -0.2) is 17.7 Å². The minimum absolute atomic E-state index is 0.577. The van der Waals surface area contributed by atoms with E-state index in [4.69, 9.17) is 0 Å². The van der Waals surface area contributed by atoms with Gasteiger partial charge >= 0.3 is 102 Å². The van der Waals surface area contributed by atoms with Gasteiger partial charge in [-0.15, -0.1) is 0 Å². The van der Waals surface area contributed by atoms with Gasteiger partial charge in [-0.25, -0.2) is 0 Å². The van der Waals surface area contributed by atoms with E-state index in [1.165, 1.54) is 12.1 Å². The van der Waals surface area contributed by atoms with Gasteiger partial charge in [-0.1, -0.05) is 0 Å². The van der Waals surface area contributed by atoms with Crippen molar-refractivity contribution in [3.8, 4) is 10.5 Å². The molecule has 0 aliphatic heterocycles. The van der Waals surface area contributed by atoms with Crippen molar-refractivity contribution in [1.82, 2.24) is 0 Å². The van der Waals surface area contributed by atoms with Crippen molar-refractivity contribution in [2.24, 2.45) is 0 Å². The first-order valence-electron chi connectivity index (χ1n) is 5.10. The zero-order valence-electron chi connectivity index (χ0n) is 9.06. The third-order valence-corrected chi connectivity index (χ3v) is 2.20. The summed E-state index contributed by atoms with van der Waals surface area (Å²) in [6.07, 6.45) is -2.09. The van der Waals surface area contributed by atoms with Gasteiger partial charge in [0.1, 0.15) is 0 Å². The maximum absolute atomic E-state index is 12.4. The van der Waals surface area contributed by atoms with Gasteiger partial charge in [0.2, 0.25) is 0 Å². The van der Waals surface area contributed by atoms with Crippen molar-refractivity contribution < 1.29 is 13.2 Å². The molecule has 80 valence electrons. The topological polar surface area (TPSA) is 0 Å². The van der Waals surface area contributed by atoms with E-state index in [9.17, 15) is 13.2 Å². The van der Waals surface area contributed by atoms with Gasteiger partial charge in [0.05, 0.1) is 0 Å². The van der Waals surface area contributed by atoms with Gasteiger partial charge in [0.25, 0.3) is 0 Å². The molecule has 0 radical (unpaired) electrons. The van der Waals surface area contributed by atoms with Crippen LogP contribution in [0.2, 0.25) is 0 Å². The Labute approximate surface area is 102 Å². The number of alkyl halides is 3. The summed E-state index contributed by atoms with van der Waals surface area (Å²) in [5, 5.41) is 0. The Kier molecular flexibility index (Phi) is 5.00. The molecule has 0 nitrogen and oxygen atoms in total. The molecule has 0 aromatic heterocycles. The summed E-state index contributed by atoms with van der Waals surface area (Å²) in [6.45, 7) is 0. The van der Waals surface area contributed by atoms with E-state index in [1.807, 2.05) is 0 Å². The normalized spacial score (nSPS) is 10.8. The fourth-order valence-electron chi connectivity index (χ4n) is 1.41. The van der Waals surface area contributed by atoms with Crippen LogP contribution in [0.1, 0.15) is 24.0 Å². The van der Waals surface area contributed by atoms with Crippen molar-refractivity contribution in [2.45, 2.75) is 25.4 Å². The summed E-state index contributed by atoms with van der Waals surface area (Å²) in [4.78, 5) is 0. The summed E-state index contributed by atoms with van der Waals surface area (Å²) in [5.74, 6) is 2.89. The van der Waals surface area contributed by atoms with Crippen molar-refractivity contribution in [1.29, 1.82) is 0 Å². The SMILES string of the molecule is [Li][C]#CCCCc1cccc(C(F)(F)F)c1. The molecule has 0 saturated heterocycles. The first kappa shape index (κ1) is 13.2. The number of hydrogen-bond acceptors (Lipinski definition) is 0. The second kappa shape index (κ2) is 6.04. The molecule has 0 atom stereocenters. The number of rotatable bonds is 3. The number of halogens is 3. The predicted octanol–water partition coefficient (Wildman–Crippen LogP) is 3.16. The predicted molar refractivity (Wildman–Crippen MR) is 57.9 cm³/mol. The van der Waals surface area contributed by atoms with E-state index >= 15 is 0 Å². The number of unbranched alkanes of at least 4 members (excludes halogenated alkanes) is 1. The number of hydrogen-bond donors (Lipinski definition) is 0. The van der Waals surface area contributed by atoms with Crippen LogP contribution in [0.4, 0.5) is 13.2 Å². The summed E-state index contributed by atoms with van der Waals surface area (Å²) >= 11 is 1.75. The Hall–Kier alpha value is -0.833. The molecule has 16 heavy (non-hydrogen) atoms. The van der Waals surface area contributed by atoms with Crippen molar-refractivity contribution in [3.63, 3.8) is 0 Å². The van der Waals surface area contributed by atoms with Crippen molar-refractivity contribution in [2.75, 3.05) is 0 Å². The molecular weight excluding hydrogens is 208 g/mol. The molecule has 0 unspecified atom stereocenters. The van der Waals surface area contributed by atoms with E-state index in [1.54, 1.807) is 23.8 Å². The van der Waals surface area contributed by atoms with E-state index in [0.717, 1.165) is 18.9 Å². The van der Waals surface area contributed by atoms with Crippen LogP contribution in [0.25, 0.3) is 0 Å². The molecule has 0 amide bonds. The molecule has 0 aliphatic rings. The van der Waals surface area contributed by atoms with Crippen LogP contribution in [0.15, 0.2) is 24.3 Å². The summed E-state index contributed by atoms with van der Waals surface area (Å²) in [6, 6.07) is 5.47. The molecule has 0 bridgehead atoms. The fraction of sp³-hybridized carbons (Fsp3) is 0.333. The van der Waals surface area contributed by atoms with Gasteiger partial charge in [0.15, 0.2) is 0 Å². The monoisotopic (exact) mass is 218 g/mol. The van der Waals surface area contributed by atoms with E-state index in [2.05, 4.69) is 10.5 Å². The summed E-state index contributed by atoms with van der Waals surface area (Å²) < 4.78 is 39.9. The van der Waals surface area contributed by atoms with Crippen LogP contribution in [0.3, 0.4) is 0 Å². The molecular formula is C12H10F3Li. The van der Waals surface area contributed by atoms with Gasteiger partial charge in [-0.05, 0) is 0 Å².